The molecule has 3 rings (SSSR count). The second kappa shape index (κ2) is 7.55. The number of aromatic hydroxyl groups is 1. The van der Waals surface area contributed by atoms with E-state index in [1.165, 1.54) is 19.2 Å². The largest absolute Gasteiger partial charge is 0.504 e. The van der Waals surface area contributed by atoms with Crippen molar-refractivity contribution in [1.82, 2.24) is 10.9 Å². The maximum atomic E-state index is 12.5. The quantitative estimate of drug-likeness (QED) is 0.190. The number of hydrazone groups is 1. The Labute approximate surface area is 160 Å². The lowest BCUT2D eigenvalue weighted by Gasteiger charge is -2.22. The molecule has 0 saturated carbocycles. The molecule has 1 aliphatic heterocycles. The minimum absolute atomic E-state index is 0.135. The van der Waals surface area contributed by atoms with Gasteiger partial charge >= 0.3 is 6.03 Å². The van der Waals surface area contributed by atoms with Crippen LogP contribution in [-0.2, 0) is 10.4 Å². The molecule has 3 amide bonds. The molecule has 10 nitrogen and oxygen atoms in total. The van der Waals surface area contributed by atoms with Gasteiger partial charge in [0.2, 0.25) is 0 Å². The fraction of sp³-hybridized carbons (Fsp3) is 0.167. The van der Waals surface area contributed by atoms with E-state index >= 15 is 0 Å². The molecular formula is C18H19N5O5. The van der Waals surface area contributed by atoms with Crippen LogP contribution >= 0.6 is 0 Å². The van der Waals surface area contributed by atoms with E-state index in [0.717, 1.165) is 0 Å². The number of phenolic OH excluding ortho intramolecular Hbond substituents is 1. The summed E-state index contributed by atoms with van der Waals surface area (Å²) in [5.41, 5.74) is 3.48. The average molecular weight is 385 g/mol. The SMILES string of the molecule is COc1ccc(/C(CC2(O)C(=O)Nc3ccccc32)=N/NC(=O)NN)cc1O. The van der Waals surface area contributed by atoms with Crippen molar-refractivity contribution in [2.24, 2.45) is 10.9 Å². The first-order valence-electron chi connectivity index (χ1n) is 8.23. The number of methoxy groups -OCH3 is 1. The Morgan fingerprint density at radius 1 is 1.32 bits per heavy atom. The summed E-state index contributed by atoms with van der Waals surface area (Å²) in [7, 11) is 1.40. The van der Waals surface area contributed by atoms with E-state index in [1.54, 1.807) is 30.3 Å². The molecule has 7 N–H and O–H groups in total. The van der Waals surface area contributed by atoms with Crippen molar-refractivity contribution in [3.05, 3.63) is 53.6 Å². The molecule has 1 unspecified atom stereocenters. The third-order valence-corrected chi connectivity index (χ3v) is 4.36. The van der Waals surface area contributed by atoms with E-state index in [4.69, 9.17) is 10.6 Å². The van der Waals surface area contributed by atoms with E-state index in [-0.39, 0.29) is 23.6 Å². The molecule has 0 radical (unpaired) electrons. The smallest absolute Gasteiger partial charge is 0.349 e. The number of nitrogens with one attached hydrogen (secondary N) is 3. The summed E-state index contributed by atoms with van der Waals surface area (Å²) in [6, 6.07) is 10.3. The van der Waals surface area contributed by atoms with Crippen LogP contribution in [0.25, 0.3) is 0 Å². The predicted molar refractivity (Wildman–Crippen MR) is 101 cm³/mol. The highest BCUT2D eigenvalue weighted by Crippen LogP contribution is 2.39. The fourth-order valence-electron chi connectivity index (χ4n) is 2.94. The lowest BCUT2D eigenvalue weighted by Crippen LogP contribution is -2.40. The van der Waals surface area contributed by atoms with E-state index in [9.17, 15) is 19.8 Å². The second-order valence-electron chi connectivity index (χ2n) is 6.07. The van der Waals surface area contributed by atoms with Gasteiger partial charge in [-0.3, -0.25) is 10.2 Å². The molecule has 0 aliphatic carbocycles. The summed E-state index contributed by atoms with van der Waals surface area (Å²) in [4.78, 5) is 23.9. The number of nitrogens with zero attached hydrogens (tertiary/aromatic N) is 1. The van der Waals surface area contributed by atoms with E-state index in [1.807, 2.05) is 5.43 Å². The first kappa shape index (κ1) is 19.1. The molecule has 2 aromatic carbocycles. The monoisotopic (exact) mass is 385 g/mol. The van der Waals surface area contributed by atoms with E-state index in [2.05, 4.69) is 15.8 Å². The summed E-state index contributed by atoms with van der Waals surface area (Å²) >= 11 is 0. The van der Waals surface area contributed by atoms with Gasteiger partial charge in [-0.2, -0.15) is 5.10 Å². The van der Waals surface area contributed by atoms with Gasteiger partial charge in [-0.15, -0.1) is 0 Å². The van der Waals surface area contributed by atoms with Crippen LogP contribution in [0.5, 0.6) is 11.5 Å². The number of amides is 3. The van der Waals surface area contributed by atoms with Crippen LogP contribution < -0.4 is 26.7 Å². The van der Waals surface area contributed by atoms with Crippen LogP contribution in [0, 0.1) is 0 Å². The van der Waals surface area contributed by atoms with Crippen molar-refractivity contribution < 1.29 is 24.5 Å². The molecule has 146 valence electrons. The summed E-state index contributed by atoms with van der Waals surface area (Å²) in [6.07, 6.45) is -0.271. The Hall–Kier alpha value is -3.63. The van der Waals surface area contributed by atoms with E-state index < -0.39 is 17.5 Å². The average Bonchev–Trinajstić information content (AvgIpc) is 2.95. The highest BCUT2D eigenvalue weighted by molar-refractivity contribution is 6.11. The minimum atomic E-state index is -1.91. The lowest BCUT2D eigenvalue weighted by atomic mass is 9.87. The van der Waals surface area contributed by atoms with Gasteiger partial charge in [-0.05, 0) is 24.3 Å². The fourth-order valence-corrected chi connectivity index (χ4v) is 2.94. The zero-order valence-electron chi connectivity index (χ0n) is 14.9. The molecule has 1 atom stereocenters. The van der Waals surface area contributed by atoms with Gasteiger partial charge in [-0.1, -0.05) is 18.2 Å². The Bertz CT molecular complexity index is 961. The number of carbonyl (C=O) groups is 2. The van der Waals surface area contributed by atoms with Crippen molar-refractivity contribution in [3.63, 3.8) is 0 Å². The van der Waals surface area contributed by atoms with Gasteiger partial charge in [-0.25, -0.2) is 16.1 Å². The molecule has 0 spiro atoms. The molecule has 28 heavy (non-hydrogen) atoms. The first-order valence-corrected chi connectivity index (χ1v) is 8.23. The Morgan fingerprint density at radius 3 is 2.75 bits per heavy atom. The first-order chi connectivity index (χ1) is 13.4. The highest BCUT2D eigenvalue weighted by Gasteiger charge is 2.46. The zero-order chi connectivity index (χ0) is 20.3. The van der Waals surface area contributed by atoms with Crippen molar-refractivity contribution in [1.29, 1.82) is 0 Å². The molecule has 0 saturated heterocycles. The third kappa shape index (κ3) is 3.46. The van der Waals surface area contributed by atoms with Gasteiger partial charge in [0.25, 0.3) is 5.91 Å². The number of fused-ring (bicyclic) bond motifs is 1. The van der Waals surface area contributed by atoms with Gasteiger partial charge in [0.1, 0.15) is 0 Å². The van der Waals surface area contributed by atoms with E-state index in [0.29, 0.717) is 16.8 Å². The number of aliphatic hydroxyl groups is 1. The topological polar surface area (TPSA) is 158 Å². The number of anilines is 1. The number of urea groups is 1. The number of nitrogens with two attached hydrogens (primary N) is 1. The van der Waals surface area contributed by atoms with Gasteiger partial charge in [0.15, 0.2) is 17.1 Å². The summed E-state index contributed by atoms with van der Waals surface area (Å²) < 4.78 is 5.01. The number of phenols is 1. The Morgan fingerprint density at radius 2 is 2.07 bits per heavy atom. The number of hydrazine groups is 1. The molecular weight excluding hydrogens is 366 g/mol. The zero-order valence-corrected chi connectivity index (χ0v) is 14.9. The molecule has 0 fully saturated rings. The lowest BCUT2D eigenvalue weighted by molar-refractivity contribution is -0.132. The van der Waals surface area contributed by atoms with Crippen LogP contribution in [0.15, 0.2) is 47.6 Å². The Kier molecular flexibility index (Phi) is 5.16. The van der Waals surface area contributed by atoms with Crippen molar-refractivity contribution in [2.75, 3.05) is 12.4 Å². The Balaban J connectivity index is 2.02. The summed E-state index contributed by atoms with van der Waals surface area (Å²) in [5.74, 6) is 4.48. The molecule has 0 aromatic heterocycles. The van der Waals surface area contributed by atoms with Gasteiger partial charge in [0, 0.05) is 23.2 Å². The number of carbonyl (C=O) groups excluding carboxylic acids is 2. The third-order valence-electron chi connectivity index (χ3n) is 4.36. The second-order valence-corrected chi connectivity index (χ2v) is 6.07. The number of benzene rings is 2. The number of ether oxygens (including phenoxy) is 1. The standard InChI is InChI=1S/C18H19N5O5/c1-28-15-7-6-10(8-14(15)24)13(22-23-17(26)21-19)9-18(27)11-4-2-3-5-12(11)20-16(18)25/h2-8,24,27H,9,19H2,1H3,(H,20,25)(H2,21,23,26)/b22-13+. The van der Waals surface area contributed by atoms with Crippen molar-refractivity contribution in [2.45, 2.75) is 12.0 Å². The summed E-state index contributed by atoms with van der Waals surface area (Å²) in [5, 5.41) is 27.7. The van der Waals surface area contributed by atoms with Crippen LogP contribution in [0.1, 0.15) is 17.5 Å². The highest BCUT2D eigenvalue weighted by atomic mass is 16.5. The van der Waals surface area contributed by atoms with Crippen molar-refractivity contribution >= 4 is 23.3 Å². The van der Waals surface area contributed by atoms with Crippen LogP contribution in [-0.4, -0.2) is 35.0 Å². The number of hydrogen-bond acceptors (Lipinski definition) is 7. The maximum absolute atomic E-state index is 12.5. The molecule has 0 bridgehead atoms. The molecule has 1 heterocycles. The predicted octanol–water partition coefficient (Wildman–Crippen LogP) is 0.508. The number of para-hydroxylation sites is 1. The molecule has 2 aromatic rings. The maximum Gasteiger partial charge on any atom is 0.349 e. The van der Waals surface area contributed by atoms with Crippen LogP contribution in [0.4, 0.5) is 10.5 Å². The molecule has 10 heteroatoms. The summed E-state index contributed by atoms with van der Waals surface area (Å²) in [6.45, 7) is 0. The normalized spacial score (nSPS) is 18.2. The van der Waals surface area contributed by atoms with Crippen LogP contribution in [0.2, 0.25) is 0 Å². The van der Waals surface area contributed by atoms with Crippen LogP contribution in [0.3, 0.4) is 0 Å². The number of hydrogen-bond donors (Lipinski definition) is 6. The van der Waals surface area contributed by atoms with Gasteiger partial charge in [0.05, 0.1) is 12.8 Å². The van der Waals surface area contributed by atoms with Crippen molar-refractivity contribution in [3.8, 4) is 11.5 Å². The van der Waals surface area contributed by atoms with Gasteiger partial charge < -0.3 is 20.3 Å². The number of rotatable bonds is 5. The minimum Gasteiger partial charge on any atom is -0.504 e. The molecule has 1 aliphatic rings.